The van der Waals surface area contributed by atoms with E-state index in [1.807, 2.05) is 23.9 Å². The minimum absolute atomic E-state index is 0.431. The van der Waals surface area contributed by atoms with Crippen molar-refractivity contribution < 1.29 is 4.42 Å². The molecule has 0 amide bonds. The van der Waals surface area contributed by atoms with Gasteiger partial charge in [-0.15, -0.1) is 11.8 Å². The summed E-state index contributed by atoms with van der Waals surface area (Å²) in [5.74, 6) is 3.20. The Morgan fingerprint density at radius 2 is 2.15 bits per heavy atom. The van der Waals surface area contributed by atoms with Gasteiger partial charge in [-0.05, 0) is 86.7 Å². The maximum Gasteiger partial charge on any atom is 0.175 e. The average molecular weight is 493 g/mol. The summed E-state index contributed by atoms with van der Waals surface area (Å²) < 4.78 is 8.06. The molecule has 0 saturated carbocycles. The monoisotopic (exact) mass is 492 g/mol. The number of nitrogen functional groups attached to an aromatic ring is 1. The van der Waals surface area contributed by atoms with Crippen molar-refractivity contribution in [1.82, 2.24) is 24.8 Å². The van der Waals surface area contributed by atoms with E-state index in [1.165, 1.54) is 35.5 Å². The van der Waals surface area contributed by atoms with Crippen LogP contribution in [0.25, 0.3) is 22.5 Å². The average Bonchev–Trinajstić information content (AvgIpc) is 3.52. The molecule has 1 aromatic carbocycles. The first kappa shape index (κ1) is 22.0. The standard InChI is InChI=1S/C25H28N6OS2/c26-23-22-24(29-15-28-23)31(10-7-16-5-8-27-9-6-16)25(30-22)34-21-13-17-3-2-12-33-20(17)14-18(21)19-4-1-11-32-19/h1,4,11,13-16,27H,2-3,5-10,12H2,(H2,26,28,29). The Kier molecular flexibility index (Phi) is 6.24. The second-order valence-electron chi connectivity index (χ2n) is 8.95. The molecule has 1 fully saturated rings. The number of aryl methyl sites for hydroxylation is 2. The molecule has 2 aliphatic rings. The highest BCUT2D eigenvalue weighted by molar-refractivity contribution is 7.99. The van der Waals surface area contributed by atoms with Crippen molar-refractivity contribution in [2.75, 3.05) is 24.6 Å². The van der Waals surface area contributed by atoms with Crippen LogP contribution in [-0.2, 0) is 13.0 Å². The van der Waals surface area contributed by atoms with Gasteiger partial charge in [0.2, 0.25) is 0 Å². The number of imidazole rings is 1. The smallest absolute Gasteiger partial charge is 0.175 e. The van der Waals surface area contributed by atoms with Crippen LogP contribution in [0.2, 0.25) is 0 Å². The van der Waals surface area contributed by atoms with Crippen LogP contribution < -0.4 is 11.1 Å². The van der Waals surface area contributed by atoms with Gasteiger partial charge in [-0.2, -0.15) is 0 Å². The molecule has 4 aromatic rings. The van der Waals surface area contributed by atoms with Crippen LogP contribution in [-0.4, -0.2) is 38.4 Å². The summed E-state index contributed by atoms with van der Waals surface area (Å²) in [5.41, 5.74) is 10.2. The fraction of sp³-hybridized carbons (Fsp3) is 0.400. The highest BCUT2D eigenvalue weighted by atomic mass is 32.2. The SMILES string of the molecule is Nc1ncnc2c1nc(Sc1cc3c(cc1-c1ccco1)SCCC3)n2CCC1CCNCC1. The van der Waals surface area contributed by atoms with E-state index in [9.17, 15) is 0 Å². The Morgan fingerprint density at radius 3 is 3.00 bits per heavy atom. The first-order valence-corrected chi connectivity index (χ1v) is 13.8. The molecule has 0 spiro atoms. The van der Waals surface area contributed by atoms with Crippen LogP contribution in [0.3, 0.4) is 0 Å². The lowest BCUT2D eigenvalue weighted by Crippen LogP contribution is -2.28. The molecule has 7 nitrogen and oxygen atoms in total. The van der Waals surface area contributed by atoms with Crippen molar-refractivity contribution in [1.29, 1.82) is 0 Å². The molecule has 0 radical (unpaired) electrons. The first-order chi connectivity index (χ1) is 16.8. The van der Waals surface area contributed by atoms with Gasteiger partial charge in [0.15, 0.2) is 22.1 Å². The molecule has 0 aliphatic carbocycles. The molecule has 3 N–H and O–H groups in total. The summed E-state index contributed by atoms with van der Waals surface area (Å²) in [7, 11) is 0. The number of fused-ring (bicyclic) bond motifs is 2. The summed E-state index contributed by atoms with van der Waals surface area (Å²) in [4.78, 5) is 16.2. The number of furan rings is 1. The van der Waals surface area contributed by atoms with Gasteiger partial charge in [-0.3, -0.25) is 0 Å². The van der Waals surface area contributed by atoms with E-state index in [2.05, 4.69) is 32.0 Å². The summed E-state index contributed by atoms with van der Waals surface area (Å²) >= 11 is 3.62. The summed E-state index contributed by atoms with van der Waals surface area (Å²) in [6.45, 7) is 3.08. The minimum atomic E-state index is 0.431. The Bertz CT molecular complexity index is 1300. The van der Waals surface area contributed by atoms with Gasteiger partial charge in [0.25, 0.3) is 0 Å². The lowest BCUT2D eigenvalue weighted by molar-refractivity contribution is 0.335. The number of rotatable bonds is 6. The normalized spacial score (nSPS) is 16.7. The molecule has 3 aromatic heterocycles. The molecular formula is C25H28N6OS2. The lowest BCUT2D eigenvalue weighted by atomic mass is 9.95. The molecule has 0 atom stereocenters. The van der Waals surface area contributed by atoms with E-state index in [1.54, 1.807) is 24.4 Å². The van der Waals surface area contributed by atoms with Crippen LogP contribution in [0.1, 0.15) is 31.2 Å². The van der Waals surface area contributed by atoms with Crippen molar-refractivity contribution in [2.24, 2.45) is 5.92 Å². The number of hydrogen-bond donors (Lipinski definition) is 2. The molecule has 0 bridgehead atoms. The van der Waals surface area contributed by atoms with Gasteiger partial charge in [0, 0.05) is 21.9 Å². The zero-order chi connectivity index (χ0) is 22.9. The van der Waals surface area contributed by atoms with Crippen molar-refractivity contribution in [3.05, 3.63) is 42.4 Å². The Labute approximate surface area is 207 Å². The van der Waals surface area contributed by atoms with E-state index in [0.717, 1.165) is 65.4 Å². The van der Waals surface area contributed by atoms with Crippen molar-refractivity contribution in [3.8, 4) is 11.3 Å². The van der Waals surface area contributed by atoms with Crippen molar-refractivity contribution in [2.45, 2.75) is 53.6 Å². The van der Waals surface area contributed by atoms with Crippen molar-refractivity contribution >= 4 is 40.5 Å². The van der Waals surface area contributed by atoms with E-state index in [-0.39, 0.29) is 0 Å². The maximum absolute atomic E-state index is 6.21. The molecular weight excluding hydrogens is 464 g/mol. The van der Waals surface area contributed by atoms with Gasteiger partial charge in [-0.25, -0.2) is 15.0 Å². The molecule has 34 heavy (non-hydrogen) atoms. The van der Waals surface area contributed by atoms with Gasteiger partial charge < -0.3 is 20.0 Å². The second-order valence-corrected chi connectivity index (χ2v) is 11.1. The molecule has 2 aliphatic heterocycles. The highest BCUT2D eigenvalue weighted by Crippen LogP contribution is 2.43. The summed E-state index contributed by atoms with van der Waals surface area (Å²) in [6.07, 6.45) is 9.15. The third kappa shape index (κ3) is 4.32. The van der Waals surface area contributed by atoms with Gasteiger partial charge in [0.05, 0.1) is 6.26 Å². The van der Waals surface area contributed by atoms with E-state index in [4.69, 9.17) is 15.1 Å². The van der Waals surface area contributed by atoms with Gasteiger partial charge in [0.1, 0.15) is 12.1 Å². The molecule has 176 valence electrons. The number of benzene rings is 1. The van der Waals surface area contributed by atoms with Crippen molar-refractivity contribution in [3.63, 3.8) is 0 Å². The molecule has 0 unspecified atom stereocenters. The van der Waals surface area contributed by atoms with E-state index >= 15 is 0 Å². The lowest BCUT2D eigenvalue weighted by Gasteiger charge is -2.23. The zero-order valence-corrected chi connectivity index (χ0v) is 20.6. The van der Waals surface area contributed by atoms with Crippen LogP contribution in [0, 0.1) is 5.92 Å². The van der Waals surface area contributed by atoms with Gasteiger partial charge >= 0.3 is 0 Å². The van der Waals surface area contributed by atoms with Crippen LogP contribution in [0.15, 0.2) is 56.2 Å². The van der Waals surface area contributed by atoms with Crippen LogP contribution >= 0.6 is 23.5 Å². The number of piperidine rings is 1. The maximum atomic E-state index is 6.21. The number of anilines is 1. The number of aromatic nitrogens is 4. The number of nitrogens with one attached hydrogen (secondary N) is 1. The molecule has 5 heterocycles. The van der Waals surface area contributed by atoms with Gasteiger partial charge in [-0.1, -0.05) is 11.8 Å². The fourth-order valence-corrected chi connectivity index (χ4v) is 7.03. The third-order valence-electron chi connectivity index (χ3n) is 6.74. The van der Waals surface area contributed by atoms with Crippen LogP contribution in [0.5, 0.6) is 0 Å². The van der Waals surface area contributed by atoms with E-state index in [0.29, 0.717) is 11.3 Å². The Morgan fingerprint density at radius 1 is 1.24 bits per heavy atom. The predicted octanol–water partition coefficient (Wildman–Crippen LogP) is 5.25. The fourth-order valence-electron chi connectivity index (χ4n) is 4.88. The number of nitrogens with zero attached hydrogens (tertiary/aromatic N) is 4. The van der Waals surface area contributed by atoms with E-state index < -0.39 is 0 Å². The minimum Gasteiger partial charge on any atom is -0.464 e. The molecule has 1 saturated heterocycles. The number of thioether (sulfide) groups is 1. The highest BCUT2D eigenvalue weighted by Gasteiger charge is 2.22. The largest absolute Gasteiger partial charge is 0.464 e. The van der Waals surface area contributed by atoms with Crippen LogP contribution in [0.4, 0.5) is 5.82 Å². The summed E-state index contributed by atoms with van der Waals surface area (Å²) in [6, 6.07) is 8.59. The quantitative estimate of drug-likeness (QED) is 0.377. The predicted molar refractivity (Wildman–Crippen MR) is 137 cm³/mol. The second kappa shape index (κ2) is 9.64. The number of nitrogens with two attached hydrogens (primary N) is 1. The molecule has 6 rings (SSSR count). The molecule has 9 heteroatoms. The zero-order valence-electron chi connectivity index (χ0n) is 19.0. The summed E-state index contributed by atoms with van der Waals surface area (Å²) in [5, 5.41) is 4.37. The Hall–Kier alpha value is -2.49. The number of hydrogen-bond acceptors (Lipinski definition) is 8. The first-order valence-electron chi connectivity index (χ1n) is 11.9. The third-order valence-corrected chi connectivity index (χ3v) is 8.98. The Balaban J connectivity index is 1.40. The topological polar surface area (TPSA) is 94.8 Å².